The summed E-state index contributed by atoms with van der Waals surface area (Å²) in [6.07, 6.45) is 7.17. The SMILES string of the molecule is CCc1ccc2occ(C(=O)N3CC[C@H](c4ccncc4)C3)c2c1. The molecule has 1 aromatic carbocycles. The maximum Gasteiger partial charge on any atom is 0.257 e. The fourth-order valence-electron chi connectivity index (χ4n) is 3.48. The molecule has 3 aromatic rings. The van der Waals surface area contributed by atoms with Crippen LogP contribution in [0.15, 0.2) is 53.4 Å². The van der Waals surface area contributed by atoms with Crippen LogP contribution in [0.2, 0.25) is 0 Å². The Kier molecular flexibility index (Phi) is 3.81. The van der Waals surface area contributed by atoms with Gasteiger partial charge in [0.05, 0.1) is 5.56 Å². The number of amides is 1. The lowest BCUT2D eigenvalue weighted by Crippen LogP contribution is -2.28. The molecule has 0 N–H and O–H groups in total. The van der Waals surface area contributed by atoms with E-state index in [4.69, 9.17) is 4.42 Å². The molecule has 1 fully saturated rings. The molecule has 0 unspecified atom stereocenters. The zero-order chi connectivity index (χ0) is 16.5. The number of carbonyl (C=O) groups excluding carboxylic acids is 1. The van der Waals surface area contributed by atoms with Gasteiger partial charge in [0, 0.05) is 36.8 Å². The number of benzene rings is 1. The molecule has 4 heteroatoms. The predicted molar refractivity (Wildman–Crippen MR) is 93.1 cm³/mol. The molecular weight excluding hydrogens is 300 g/mol. The standard InChI is InChI=1S/C20H20N2O2/c1-2-14-3-4-19-17(11-14)18(13-24-19)20(23)22-10-7-16(12-22)15-5-8-21-9-6-15/h3-6,8-9,11,13,16H,2,7,10,12H2,1H3/t16-/m0/s1. The summed E-state index contributed by atoms with van der Waals surface area (Å²) >= 11 is 0. The van der Waals surface area contributed by atoms with E-state index in [1.165, 1.54) is 11.1 Å². The highest BCUT2D eigenvalue weighted by molar-refractivity contribution is 6.06. The summed E-state index contributed by atoms with van der Waals surface area (Å²) in [6.45, 7) is 3.65. The van der Waals surface area contributed by atoms with E-state index in [9.17, 15) is 4.79 Å². The topological polar surface area (TPSA) is 46.3 Å². The van der Waals surface area contributed by atoms with Gasteiger partial charge in [-0.2, -0.15) is 0 Å². The van der Waals surface area contributed by atoms with Gasteiger partial charge in [0.15, 0.2) is 0 Å². The highest BCUT2D eigenvalue weighted by Gasteiger charge is 2.29. The number of rotatable bonds is 3. The Labute approximate surface area is 141 Å². The molecule has 1 aliphatic rings. The summed E-state index contributed by atoms with van der Waals surface area (Å²) in [5.74, 6) is 0.458. The largest absolute Gasteiger partial charge is 0.463 e. The van der Waals surface area contributed by atoms with Gasteiger partial charge in [-0.25, -0.2) is 0 Å². The average molecular weight is 320 g/mol. The van der Waals surface area contributed by atoms with E-state index in [1.807, 2.05) is 35.5 Å². The van der Waals surface area contributed by atoms with Crippen molar-refractivity contribution in [1.82, 2.24) is 9.88 Å². The molecule has 2 aromatic heterocycles. The second-order valence-electron chi connectivity index (χ2n) is 6.35. The van der Waals surface area contributed by atoms with Crippen LogP contribution in [0.5, 0.6) is 0 Å². The number of fused-ring (bicyclic) bond motifs is 1. The Balaban J connectivity index is 1.58. The Hall–Kier alpha value is -2.62. The summed E-state index contributed by atoms with van der Waals surface area (Å²) in [7, 11) is 0. The number of nitrogens with zero attached hydrogens (tertiary/aromatic N) is 2. The number of aryl methyl sites for hydroxylation is 1. The molecule has 24 heavy (non-hydrogen) atoms. The van der Waals surface area contributed by atoms with Gasteiger partial charge in [-0.05, 0) is 48.2 Å². The van der Waals surface area contributed by atoms with Gasteiger partial charge in [-0.3, -0.25) is 9.78 Å². The quantitative estimate of drug-likeness (QED) is 0.732. The highest BCUT2D eigenvalue weighted by Crippen LogP contribution is 2.30. The first-order valence-corrected chi connectivity index (χ1v) is 8.45. The normalized spacial score (nSPS) is 17.5. The molecule has 1 amide bonds. The molecule has 0 spiro atoms. The first kappa shape index (κ1) is 14.9. The molecule has 4 nitrogen and oxygen atoms in total. The molecule has 0 aliphatic carbocycles. The van der Waals surface area contributed by atoms with Crippen molar-refractivity contribution in [1.29, 1.82) is 0 Å². The molecule has 122 valence electrons. The average Bonchev–Trinajstić information content (AvgIpc) is 3.28. The van der Waals surface area contributed by atoms with E-state index < -0.39 is 0 Å². The number of aromatic nitrogens is 1. The lowest BCUT2D eigenvalue weighted by Gasteiger charge is -2.16. The molecule has 0 saturated carbocycles. The molecule has 1 aliphatic heterocycles. The molecule has 1 saturated heterocycles. The Morgan fingerprint density at radius 1 is 1.29 bits per heavy atom. The summed E-state index contributed by atoms with van der Waals surface area (Å²) in [4.78, 5) is 19.0. The van der Waals surface area contributed by atoms with Crippen molar-refractivity contribution in [2.75, 3.05) is 13.1 Å². The van der Waals surface area contributed by atoms with Crippen molar-refractivity contribution in [3.63, 3.8) is 0 Å². The third kappa shape index (κ3) is 2.58. The lowest BCUT2D eigenvalue weighted by molar-refractivity contribution is 0.0791. The zero-order valence-corrected chi connectivity index (χ0v) is 13.7. The van der Waals surface area contributed by atoms with Crippen molar-refractivity contribution < 1.29 is 9.21 Å². The van der Waals surface area contributed by atoms with Crippen LogP contribution >= 0.6 is 0 Å². The maximum absolute atomic E-state index is 13.0. The summed E-state index contributed by atoms with van der Waals surface area (Å²) in [5, 5.41) is 0.923. The number of hydrogen-bond donors (Lipinski definition) is 0. The van der Waals surface area contributed by atoms with E-state index in [0.717, 1.165) is 36.9 Å². The fraction of sp³-hybridized carbons (Fsp3) is 0.300. The fourth-order valence-corrected chi connectivity index (χ4v) is 3.48. The summed E-state index contributed by atoms with van der Waals surface area (Å²) in [5.41, 5.74) is 3.93. The van der Waals surface area contributed by atoms with Crippen molar-refractivity contribution >= 4 is 16.9 Å². The van der Waals surface area contributed by atoms with Gasteiger partial charge in [-0.15, -0.1) is 0 Å². The monoisotopic (exact) mass is 320 g/mol. The van der Waals surface area contributed by atoms with Crippen molar-refractivity contribution in [2.45, 2.75) is 25.7 Å². The second-order valence-corrected chi connectivity index (χ2v) is 6.35. The molecule has 0 radical (unpaired) electrons. The van der Waals surface area contributed by atoms with Crippen LogP contribution in [0.4, 0.5) is 0 Å². The maximum atomic E-state index is 13.0. The Bertz CT molecular complexity index is 870. The van der Waals surface area contributed by atoms with Crippen LogP contribution in [-0.2, 0) is 6.42 Å². The smallest absolute Gasteiger partial charge is 0.257 e. The number of hydrogen-bond acceptors (Lipinski definition) is 3. The number of pyridine rings is 1. The van der Waals surface area contributed by atoms with Crippen LogP contribution in [0.1, 0.15) is 40.7 Å². The van der Waals surface area contributed by atoms with Gasteiger partial charge in [-0.1, -0.05) is 13.0 Å². The zero-order valence-electron chi connectivity index (χ0n) is 13.7. The third-order valence-corrected chi connectivity index (χ3v) is 4.93. The first-order chi connectivity index (χ1) is 11.8. The molecule has 4 rings (SSSR count). The van der Waals surface area contributed by atoms with Gasteiger partial charge in [0.2, 0.25) is 0 Å². The Morgan fingerprint density at radius 3 is 2.92 bits per heavy atom. The minimum Gasteiger partial charge on any atom is -0.463 e. The van der Waals surface area contributed by atoms with E-state index in [0.29, 0.717) is 11.5 Å². The first-order valence-electron chi connectivity index (χ1n) is 8.45. The summed E-state index contributed by atoms with van der Waals surface area (Å²) in [6, 6.07) is 10.2. The third-order valence-electron chi connectivity index (χ3n) is 4.93. The number of carbonyl (C=O) groups is 1. The number of furan rings is 1. The van der Waals surface area contributed by atoms with Crippen LogP contribution in [0, 0.1) is 0 Å². The number of likely N-dealkylation sites (tertiary alicyclic amines) is 1. The van der Waals surface area contributed by atoms with E-state index in [2.05, 4.69) is 24.0 Å². The van der Waals surface area contributed by atoms with Crippen molar-refractivity contribution in [3.05, 3.63) is 65.7 Å². The Morgan fingerprint density at radius 2 is 2.12 bits per heavy atom. The van der Waals surface area contributed by atoms with Crippen molar-refractivity contribution in [2.24, 2.45) is 0 Å². The molecule has 3 heterocycles. The molecular formula is C20H20N2O2. The van der Waals surface area contributed by atoms with Gasteiger partial charge < -0.3 is 9.32 Å². The van der Waals surface area contributed by atoms with Crippen LogP contribution in [0.25, 0.3) is 11.0 Å². The van der Waals surface area contributed by atoms with E-state index >= 15 is 0 Å². The van der Waals surface area contributed by atoms with Crippen molar-refractivity contribution in [3.8, 4) is 0 Å². The van der Waals surface area contributed by atoms with Gasteiger partial charge >= 0.3 is 0 Å². The second kappa shape index (κ2) is 6.11. The van der Waals surface area contributed by atoms with Crippen LogP contribution < -0.4 is 0 Å². The minimum atomic E-state index is 0.0681. The van der Waals surface area contributed by atoms with Gasteiger partial charge in [0.25, 0.3) is 5.91 Å². The van der Waals surface area contributed by atoms with Crippen LogP contribution in [0.3, 0.4) is 0 Å². The van der Waals surface area contributed by atoms with E-state index in [1.54, 1.807) is 6.26 Å². The van der Waals surface area contributed by atoms with E-state index in [-0.39, 0.29) is 5.91 Å². The molecule has 1 atom stereocenters. The molecule has 0 bridgehead atoms. The minimum absolute atomic E-state index is 0.0681. The predicted octanol–water partition coefficient (Wildman–Crippen LogP) is 4.02. The van der Waals surface area contributed by atoms with Gasteiger partial charge in [0.1, 0.15) is 11.8 Å². The lowest BCUT2D eigenvalue weighted by atomic mass is 10.00. The summed E-state index contributed by atoms with van der Waals surface area (Å²) < 4.78 is 5.58. The van der Waals surface area contributed by atoms with Crippen LogP contribution in [-0.4, -0.2) is 28.9 Å². The highest BCUT2D eigenvalue weighted by atomic mass is 16.3.